The molecule has 0 bridgehead atoms. The molecule has 1 fully saturated rings. The Bertz CT molecular complexity index is 610. The highest BCUT2D eigenvalue weighted by Gasteiger charge is 2.25. The van der Waals surface area contributed by atoms with Gasteiger partial charge in [-0.25, -0.2) is 0 Å². The van der Waals surface area contributed by atoms with E-state index in [0.29, 0.717) is 24.7 Å². The van der Waals surface area contributed by atoms with Crippen LogP contribution in [0, 0.1) is 5.92 Å². The quantitative estimate of drug-likeness (QED) is 0.915. The van der Waals surface area contributed by atoms with Gasteiger partial charge in [0.05, 0.1) is 11.9 Å². The van der Waals surface area contributed by atoms with Crippen molar-refractivity contribution in [3.63, 3.8) is 0 Å². The summed E-state index contributed by atoms with van der Waals surface area (Å²) in [6, 6.07) is 9.56. The molecule has 1 amide bonds. The van der Waals surface area contributed by atoms with Gasteiger partial charge in [0.1, 0.15) is 0 Å². The van der Waals surface area contributed by atoms with Gasteiger partial charge in [0.15, 0.2) is 5.69 Å². The van der Waals surface area contributed by atoms with Crippen molar-refractivity contribution in [1.82, 2.24) is 19.9 Å². The monoisotopic (exact) mass is 285 g/mol. The number of para-hydroxylation sites is 1. The number of nitrogens with two attached hydrogens (primary N) is 1. The largest absolute Gasteiger partial charge is 0.337 e. The zero-order valence-electron chi connectivity index (χ0n) is 11.9. The summed E-state index contributed by atoms with van der Waals surface area (Å²) in [6.45, 7) is 2.11. The Kier molecular flexibility index (Phi) is 3.96. The number of carbonyl (C=O) groups excluding carboxylic acids is 1. The Hall–Kier alpha value is -2.21. The molecule has 0 spiro atoms. The highest BCUT2D eigenvalue weighted by molar-refractivity contribution is 5.92. The molecule has 110 valence electrons. The van der Waals surface area contributed by atoms with Gasteiger partial charge >= 0.3 is 0 Å². The number of nitrogens with zero attached hydrogens (tertiary/aromatic N) is 4. The number of likely N-dealkylation sites (tertiary alicyclic amines) is 1. The van der Waals surface area contributed by atoms with E-state index in [2.05, 4.69) is 10.2 Å². The van der Waals surface area contributed by atoms with E-state index in [1.807, 2.05) is 35.2 Å². The third-order valence-electron chi connectivity index (χ3n) is 3.84. The standard InChI is InChI=1S/C15H19N5O/c16-9-12-5-4-8-19(11-12)15(21)14-10-17-20(18-14)13-6-2-1-3-7-13/h1-3,6-7,10,12H,4-5,8-9,11,16H2. The maximum Gasteiger partial charge on any atom is 0.276 e. The first-order chi connectivity index (χ1) is 10.3. The molecule has 21 heavy (non-hydrogen) atoms. The first-order valence-corrected chi connectivity index (χ1v) is 7.25. The first kappa shape index (κ1) is 13.8. The lowest BCUT2D eigenvalue weighted by Crippen LogP contribution is -2.42. The molecule has 1 atom stereocenters. The van der Waals surface area contributed by atoms with Gasteiger partial charge < -0.3 is 10.6 Å². The predicted octanol–water partition coefficient (Wildman–Crippen LogP) is 1.08. The maximum atomic E-state index is 12.5. The number of aromatic nitrogens is 3. The fraction of sp³-hybridized carbons (Fsp3) is 0.400. The first-order valence-electron chi connectivity index (χ1n) is 7.25. The minimum Gasteiger partial charge on any atom is -0.337 e. The molecule has 1 saturated heterocycles. The summed E-state index contributed by atoms with van der Waals surface area (Å²) in [7, 11) is 0. The summed E-state index contributed by atoms with van der Waals surface area (Å²) in [6.07, 6.45) is 3.62. The van der Waals surface area contributed by atoms with Crippen LogP contribution in [0.1, 0.15) is 23.3 Å². The summed E-state index contributed by atoms with van der Waals surface area (Å²) in [5, 5.41) is 8.46. The van der Waals surface area contributed by atoms with Gasteiger partial charge in [-0.2, -0.15) is 9.90 Å². The molecule has 3 rings (SSSR count). The smallest absolute Gasteiger partial charge is 0.276 e. The van der Waals surface area contributed by atoms with E-state index in [1.165, 1.54) is 11.0 Å². The van der Waals surface area contributed by atoms with E-state index in [-0.39, 0.29) is 5.91 Å². The molecule has 1 aromatic carbocycles. The topological polar surface area (TPSA) is 77.0 Å². The summed E-state index contributed by atoms with van der Waals surface area (Å²) >= 11 is 0. The Balaban J connectivity index is 1.75. The van der Waals surface area contributed by atoms with Crippen molar-refractivity contribution < 1.29 is 4.79 Å². The van der Waals surface area contributed by atoms with E-state index in [4.69, 9.17) is 5.73 Å². The van der Waals surface area contributed by atoms with Gasteiger partial charge in [-0.1, -0.05) is 18.2 Å². The number of carbonyl (C=O) groups is 1. The molecular formula is C15H19N5O. The van der Waals surface area contributed by atoms with Crippen LogP contribution in [0.15, 0.2) is 36.5 Å². The van der Waals surface area contributed by atoms with Crippen molar-refractivity contribution in [1.29, 1.82) is 0 Å². The highest BCUT2D eigenvalue weighted by Crippen LogP contribution is 2.17. The number of piperidine rings is 1. The van der Waals surface area contributed by atoms with Crippen molar-refractivity contribution in [2.45, 2.75) is 12.8 Å². The van der Waals surface area contributed by atoms with Crippen LogP contribution in [0.25, 0.3) is 5.69 Å². The van der Waals surface area contributed by atoms with Gasteiger partial charge in [-0.05, 0) is 37.4 Å². The van der Waals surface area contributed by atoms with Crippen molar-refractivity contribution in [3.05, 3.63) is 42.2 Å². The highest BCUT2D eigenvalue weighted by atomic mass is 16.2. The second kappa shape index (κ2) is 6.05. The third kappa shape index (κ3) is 2.95. The van der Waals surface area contributed by atoms with E-state index < -0.39 is 0 Å². The Labute approximate surface area is 123 Å². The van der Waals surface area contributed by atoms with E-state index in [9.17, 15) is 4.79 Å². The second-order valence-corrected chi connectivity index (χ2v) is 5.35. The lowest BCUT2D eigenvalue weighted by molar-refractivity contribution is 0.0671. The van der Waals surface area contributed by atoms with Crippen LogP contribution in [0.5, 0.6) is 0 Å². The molecule has 2 heterocycles. The zero-order valence-corrected chi connectivity index (χ0v) is 11.9. The molecule has 1 unspecified atom stereocenters. The molecule has 1 aliphatic rings. The van der Waals surface area contributed by atoms with E-state index in [1.54, 1.807) is 0 Å². The van der Waals surface area contributed by atoms with Gasteiger partial charge in [-0.3, -0.25) is 4.79 Å². The van der Waals surface area contributed by atoms with Crippen molar-refractivity contribution in [2.75, 3.05) is 19.6 Å². The molecule has 2 N–H and O–H groups in total. The van der Waals surface area contributed by atoms with Crippen LogP contribution in [0.4, 0.5) is 0 Å². The van der Waals surface area contributed by atoms with Crippen LogP contribution in [0.3, 0.4) is 0 Å². The van der Waals surface area contributed by atoms with Crippen LogP contribution < -0.4 is 5.73 Å². The number of hydrogen-bond donors (Lipinski definition) is 1. The average Bonchev–Trinajstić information content (AvgIpc) is 3.05. The number of benzene rings is 1. The molecule has 0 aliphatic carbocycles. The number of hydrogen-bond acceptors (Lipinski definition) is 4. The number of amides is 1. The second-order valence-electron chi connectivity index (χ2n) is 5.35. The van der Waals surface area contributed by atoms with Crippen LogP contribution in [-0.2, 0) is 0 Å². The Morgan fingerprint density at radius 2 is 2.14 bits per heavy atom. The lowest BCUT2D eigenvalue weighted by atomic mass is 9.98. The predicted molar refractivity (Wildman–Crippen MR) is 79.0 cm³/mol. The number of rotatable bonds is 3. The van der Waals surface area contributed by atoms with Crippen LogP contribution in [-0.4, -0.2) is 45.4 Å². The molecule has 1 aromatic heterocycles. The minimum atomic E-state index is -0.0599. The molecule has 2 aromatic rings. The molecule has 6 nitrogen and oxygen atoms in total. The van der Waals surface area contributed by atoms with Gasteiger partial charge in [0.25, 0.3) is 5.91 Å². The summed E-state index contributed by atoms with van der Waals surface area (Å²) in [5.74, 6) is 0.335. The van der Waals surface area contributed by atoms with Gasteiger partial charge in [0, 0.05) is 13.1 Å². The van der Waals surface area contributed by atoms with Crippen LogP contribution in [0.2, 0.25) is 0 Å². The summed E-state index contributed by atoms with van der Waals surface area (Å²) < 4.78 is 0. The lowest BCUT2D eigenvalue weighted by Gasteiger charge is -2.31. The fourth-order valence-corrected chi connectivity index (χ4v) is 2.65. The fourth-order valence-electron chi connectivity index (χ4n) is 2.65. The summed E-state index contributed by atoms with van der Waals surface area (Å²) in [4.78, 5) is 15.8. The van der Waals surface area contributed by atoms with Crippen molar-refractivity contribution in [2.24, 2.45) is 11.7 Å². The van der Waals surface area contributed by atoms with E-state index >= 15 is 0 Å². The van der Waals surface area contributed by atoms with Crippen molar-refractivity contribution in [3.8, 4) is 5.69 Å². The normalized spacial score (nSPS) is 18.7. The van der Waals surface area contributed by atoms with E-state index in [0.717, 1.165) is 25.1 Å². The van der Waals surface area contributed by atoms with Crippen molar-refractivity contribution >= 4 is 5.91 Å². The molecule has 6 heteroatoms. The molecular weight excluding hydrogens is 266 g/mol. The maximum absolute atomic E-state index is 12.5. The molecule has 1 aliphatic heterocycles. The average molecular weight is 285 g/mol. The SMILES string of the molecule is NCC1CCCN(C(=O)c2cnn(-c3ccccc3)n2)C1. The molecule has 0 saturated carbocycles. The Morgan fingerprint density at radius 3 is 2.90 bits per heavy atom. The van der Waals surface area contributed by atoms with Gasteiger partial charge in [0.2, 0.25) is 0 Å². The van der Waals surface area contributed by atoms with Gasteiger partial charge in [-0.15, -0.1) is 5.10 Å². The summed E-state index contributed by atoms with van der Waals surface area (Å²) in [5.41, 5.74) is 6.94. The zero-order chi connectivity index (χ0) is 14.7. The third-order valence-corrected chi connectivity index (χ3v) is 3.84. The van der Waals surface area contributed by atoms with Crippen LogP contribution >= 0.6 is 0 Å². The molecule has 0 radical (unpaired) electrons. The minimum absolute atomic E-state index is 0.0599. The Morgan fingerprint density at radius 1 is 1.33 bits per heavy atom.